The Kier molecular flexibility index (Phi) is 4.08. The zero-order valence-electron chi connectivity index (χ0n) is 7.86. The van der Waals surface area contributed by atoms with Crippen molar-refractivity contribution in [3.63, 3.8) is 0 Å². The zero-order valence-corrected chi connectivity index (χ0v) is 7.86. The number of hydrogen-bond donors (Lipinski definition) is 0. The largest absolute Gasteiger partial charge is 0.377 e. The highest BCUT2D eigenvalue weighted by molar-refractivity contribution is 5.17. The van der Waals surface area contributed by atoms with Gasteiger partial charge in [-0.15, -0.1) is 12.3 Å². The highest BCUT2D eigenvalue weighted by atomic mass is 16.5. The highest BCUT2D eigenvalue weighted by Gasteiger charge is 2.07. The first-order valence-electron chi connectivity index (χ1n) is 4.39. The topological polar surface area (TPSA) is 9.23 Å². The van der Waals surface area contributed by atoms with Crippen molar-refractivity contribution in [1.82, 2.24) is 0 Å². The van der Waals surface area contributed by atoms with Crippen LogP contribution < -0.4 is 0 Å². The van der Waals surface area contributed by atoms with E-state index in [9.17, 15) is 0 Å². The van der Waals surface area contributed by atoms with Crippen LogP contribution in [0.1, 0.15) is 24.5 Å². The summed E-state index contributed by atoms with van der Waals surface area (Å²) in [4.78, 5) is 0. The Morgan fingerprint density at radius 2 is 2.08 bits per heavy atom. The van der Waals surface area contributed by atoms with Crippen LogP contribution in [-0.2, 0) is 4.74 Å². The first kappa shape index (κ1) is 9.83. The fraction of sp³-hybridized carbons (Fsp3) is 0.333. The van der Waals surface area contributed by atoms with E-state index in [1.807, 2.05) is 18.2 Å². The van der Waals surface area contributed by atoms with E-state index in [0.29, 0.717) is 0 Å². The maximum Gasteiger partial charge on any atom is 0.0830 e. The van der Waals surface area contributed by atoms with Gasteiger partial charge in [0.2, 0.25) is 0 Å². The standard InChI is InChI=1S/C12H14O/c1-3-4-10-12(13-2)11-8-6-5-7-9-11/h1,5-9,12H,4,10H2,2H3. The monoisotopic (exact) mass is 174 g/mol. The summed E-state index contributed by atoms with van der Waals surface area (Å²) in [6.45, 7) is 0. The van der Waals surface area contributed by atoms with Gasteiger partial charge in [0.15, 0.2) is 0 Å². The Labute approximate surface area is 79.7 Å². The summed E-state index contributed by atoms with van der Waals surface area (Å²) in [7, 11) is 1.72. The van der Waals surface area contributed by atoms with Crippen molar-refractivity contribution in [2.75, 3.05) is 7.11 Å². The van der Waals surface area contributed by atoms with Crippen molar-refractivity contribution in [3.05, 3.63) is 35.9 Å². The molecule has 0 bridgehead atoms. The molecule has 0 heterocycles. The number of methoxy groups -OCH3 is 1. The summed E-state index contributed by atoms with van der Waals surface area (Å²) in [5, 5.41) is 0. The molecule has 0 radical (unpaired) electrons. The van der Waals surface area contributed by atoms with Gasteiger partial charge >= 0.3 is 0 Å². The molecular weight excluding hydrogens is 160 g/mol. The summed E-state index contributed by atoms with van der Waals surface area (Å²) in [5.74, 6) is 2.62. The fourth-order valence-electron chi connectivity index (χ4n) is 1.30. The Balaban J connectivity index is 2.63. The van der Waals surface area contributed by atoms with Crippen molar-refractivity contribution in [3.8, 4) is 12.3 Å². The molecule has 1 atom stereocenters. The zero-order chi connectivity index (χ0) is 9.52. The molecule has 13 heavy (non-hydrogen) atoms. The van der Waals surface area contributed by atoms with Gasteiger partial charge in [-0.3, -0.25) is 0 Å². The molecule has 1 nitrogen and oxygen atoms in total. The molecule has 0 aromatic heterocycles. The van der Waals surface area contributed by atoms with Gasteiger partial charge in [0, 0.05) is 13.5 Å². The van der Waals surface area contributed by atoms with E-state index in [1.165, 1.54) is 5.56 Å². The van der Waals surface area contributed by atoms with Gasteiger partial charge < -0.3 is 4.74 Å². The molecular formula is C12H14O. The molecule has 0 N–H and O–H groups in total. The summed E-state index contributed by atoms with van der Waals surface area (Å²) in [6, 6.07) is 10.1. The van der Waals surface area contributed by atoms with E-state index < -0.39 is 0 Å². The lowest BCUT2D eigenvalue weighted by Crippen LogP contribution is -2.00. The average molecular weight is 174 g/mol. The van der Waals surface area contributed by atoms with Crippen molar-refractivity contribution in [2.45, 2.75) is 18.9 Å². The molecule has 1 rings (SSSR count). The van der Waals surface area contributed by atoms with Crippen LogP contribution in [0.3, 0.4) is 0 Å². The molecule has 0 spiro atoms. The number of ether oxygens (including phenoxy) is 1. The van der Waals surface area contributed by atoms with E-state index in [-0.39, 0.29) is 6.10 Å². The van der Waals surface area contributed by atoms with Gasteiger partial charge in [-0.05, 0) is 12.0 Å². The van der Waals surface area contributed by atoms with Crippen LogP contribution in [0.2, 0.25) is 0 Å². The lowest BCUT2D eigenvalue weighted by molar-refractivity contribution is 0.0970. The molecule has 0 saturated heterocycles. The van der Waals surface area contributed by atoms with E-state index in [0.717, 1.165) is 12.8 Å². The normalized spacial score (nSPS) is 12.0. The molecule has 0 fully saturated rings. The third kappa shape index (κ3) is 2.93. The predicted octanol–water partition coefficient (Wildman–Crippen LogP) is 2.79. The van der Waals surface area contributed by atoms with Crippen molar-refractivity contribution in [1.29, 1.82) is 0 Å². The number of rotatable bonds is 4. The van der Waals surface area contributed by atoms with Crippen molar-refractivity contribution in [2.24, 2.45) is 0 Å². The van der Waals surface area contributed by atoms with Crippen molar-refractivity contribution < 1.29 is 4.74 Å². The van der Waals surface area contributed by atoms with Crippen LogP contribution in [0.4, 0.5) is 0 Å². The van der Waals surface area contributed by atoms with E-state index in [2.05, 4.69) is 18.1 Å². The number of hydrogen-bond acceptors (Lipinski definition) is 1. The maximum atomic E-state index is 5.34. The minimum absolute atomic E-state index is 0.136. The third-order valence-electron chi connectivity index (χ3n) is 2.01. The summed E-state index contributed by atoms with van der Waals surface area (Å²) < 4.78 is 5.34. The van der Waals surface area contributed by atoms with Gasteiger partial charge in [0.1, 0.15) is 0 Å². The van der Waals surface area contributed by atoms with Gasteiger partial charge in [-0.2, -0.15) is 0 Å². The Morgan fingerprint density at radius 3 is 2.62 bits per heavy atom. The number of terminal acetylenes is 1. The van der Waals surface area contributed by atoms with Gasteiger partial charge in [0.05, 0.1) is 6.10 Å². The van der Waals surface area contributed by atoms with Crippen LogP contribution >= 0.6 is 0 Å². The van der Waals surface area contributed by atoms with Crippen LogP contribution in [0.25, 0.3) is 0 Å². The highest BCUT2D eigenvalue weighted by Crippen LogP contribution is 2.20. The molecule has 0 saturated carbocycles. The summed E-state index contributed by atoms with van der Waals surface area (Å²) >= 11 is 0. The maximum absolute atomic E-state index is 5.34. The lowest BCUT2D eigenvalue weighted by atomic mass is 10.1. The second-order valence-electron chi connectivity index (χ2n) is 2.88. The average Bonchev–Trinajstić information content (AvgIpc) is 2.21. The molecule has 1 unspecified atom stereocenters. The van der Waals surface area contributed by atoms with Crippen LogP contribution in [-0.4, -0.2) is 7.11 Å². The number of benzene rings is 1. The quantitative estimate of drug-likeness (QED) is 0.638. The molecule has 0 aliphatic carbocycles. The smallest absolute Gasteiger partial charge is 0.0830 e. The molecule has 0 amide bonds. The lowest BCUT2D eigenvalue weighted by Gasteiger charge is -2.13. The molecule has 1 aromatic carbocycles. The van der Waals surface area contributed by atoms with Crippen LogP contribution in [0.15, 0.2) is 30.3 Å². The minimum atomic E-state index is 0.136. The van der Waals surface area contributed by atoms with E-state index in [1.54, 1.807) is 7.11 Å². The predicted molar refractivity (Wildman–Crippen MR) is 54.3 cm³/mol. The fourth-order valence-corrected chi connectivity index (χ4v) is 1.30. The Hall–Kier alpha value is -1.26. The second-order valence-corrected chi connectivity index (χ2v) is 2.88. The summed E-state index contributed by atoms with van der Waals surface area (Å²) in [5.41, 5.74) is 1.19. The van der Waals surface area contributed by atoms with Gasteiger partial charge in [-0.1, -0.05) is 30.3 Å². The van der Waals surface area contributed by atoms with Crippen molar-refractivity contribution >= 4 is 0 Å². The molecule has 1 heteroatoms. The molecule has 0 aliphatic heterocycles. The van der Waals surface area contributed by atoms with E-state index in [4.69, 9.17) is 11.2 Å². The molecule has 1 aromatic rings. The van der Waals surface area contributed by atoms with Crippen LogP contribution in [0.5, 0.6) is 0 Å². The van der Waals surface area contributed by atoms with Gasteiger partial charge in [0.25, 0.3) is 0 Å². The molecule has 0 aliphatic rings. The Morgan fingerprint density at radius 1 is 1.38 bits per heavy atom. The first-order valence-corrected chi connectivity index (χ1v) is 4.39. The Bertz CT molecular complexity index is 271. The molecule has 68 valence electrons. The first-order chi connectivity index (χ1) is 6.38. The minimum Gasteiger partial charge on any atom is -0.377 e. The third-order valence-corrected chi connectivity index (χ3v) is 2.01. The second kappa shape index (κ2) is 5.40. The van der Waals surface area contributed by atoms with Crippen LogP contribution in [0, 0.1) is 12.3 Å². The SMILES string of the molecule is C#CCCC(OC)c1ccccc1. The van der Waals surface area contributed by atoms with E-state index >= 15 is 0 Å². The van der Waals surface area contributed by atoms with Gasteiger partial charge in [-0.25, -0.2) is 0 Å². The summed E-state index contributed by atoms with van der Waals surface area (Å²) in [6.07, 6.45) is 6.98.